The van der Waals surface area contributed by atoms with Gasteiger partial charge >= 0.3 is 0 Å². The molecule has 2 aliphatic heterocycles. The zero-order chi connectivity index (χ0) is 13.4. The van der Waals surface area contributed by atoms with E-state index in [2.05, 4.69) is 28.4 Å². The molecule has 2 aromatic rings. The summed E-state index contributed by atoms with van der Waals surface area (Å²) in [6, 6.07) is 14.4. The number of hydrogen-bond donors (Lipinski definition) is 1. The van der Waals surface area contributed by atoms with Crippen LogP contribution in [0.1, 0.15) is 19.3 Å². The molecule has 0 radical (unpaired) electrons. The Balaban J connectivity index is 1.74. The molecule has 0 bridgehead atoms. The van der Waals surface area contributed by atoms with Gasteiger partial charge in [-0.25, -0.2) is 0 Å². The molecule has 0 unspecified atom stereocenters. The smallest absolute Gasteiger partial charge is 0.153 e. The van der Waals surface area contributed by atoms with Crippen LogP contribution < -0.4 is 15.0 Å². The molecular formula is C17H18N2O. The molecule has 1 N–H and O–H groups in total. The molecule has 2 aromatic carbocycles. The second-order valence-corrected chi connectivity index (χ2v) is 5.42. The van der Waals surface area contributed by atoms with Gasteiger partial charge in [-0.3, -0.25) is 0 Å². The minimum atomic E-state index is 0.899. The fourth-order valence-electron chi connectivity index (χ4n) is 3.04. The lowest BCUT2D eigenvalue weighted by Crippen LogP contribution is -2.30. The van der Waals surface area contributed by atoms with Gasteiger partial charge in [-0.05, 0) is 43.5 Å². The molecule has 0 atom stereocenters. The maximum Gasteiger partial charge on any atom is 0.153 e. The van der Waals surface area contributed by atoms with Crippen molar-refractivity contribution in [3.8, 4) is 11.5 Å². The van der Waals surface area contributed by atoms with E-state index in [4.69, 9.17) is 4.74 Å². The van der Waals surface area contributed by atoms with Crippen molar-refractivity contribution in [2.45, 2.75) is 19.3 Å². The summed E-state index contributed by atoms with van der Waals surface area (Å²) in [5.41, 5.74) is 3.41. The summed E-state index contributed by atoms with van der Waals surface area (Å²) in [5, 5.41) is 3.54. The van der Waals surface area contributed by atoms with Gasteiger partial charge in [0.15, 0.2) is 11.5 Å². The standard InChI is InChI=1S/C17H18N2O/c1-4-11-19(12-5-1)14-8-6-10-16-17(14)18-13-7-2-3-9-15(13)20-16/h2-3,6-10,18H,1,4-5,11-12H2. The second-order valence-electron chi connectivity index (χ2n) is 5.42. The Morgan fingerprint density at radius 3 is 2.55 bits per heavy atom. The normalized spacial score (nSPS) is 16.7. The number of nitrogens with one attached hydrogen (secondary N) is 1. The molecule has 0 amide bonds. The Kier molecular flexibility index (Phi) is 2.76. The van der Waals surface area contributed by atoms with Crippen LogP contribution in [0.25, 0.3) is 0 Å². The molecule has 0 aromatic heterocycles. The quantitative estimate of drug-likeness (QED) is 0.700. The maximum atomic E-state index is 6.02. The highest BCUT2D eigenvalue weighted by Crippen LogP contribution is 2.46. The van der Waals surface area contributed by atoms with Crippen LogP contribution in [0.2, 0.25) is 0 Å². The van der Waals surface area contributed by atoms with E-state index >= 15 is 0 Å². The molecule has 3 heteroatoms. The number of rotatable bonds is 1. The van der Waals surface area contributed by atoms with E-state index < -0.39 is 0 Å². The Morgan fingerprint density at radius 1 is 0.850 bits per heavy atom. The first-order chi connectivity index (χ1) is 9.92. The van der Waals surface area contributed by atoms with E-state index in [9.17, 15) is 0 Å². The first-order valence-electron chi connectivity index (χ1n) is 7.34. The summed E-state index contributed by atoms with van der Waals surface area (Å²) >= 11 is 0. The fraction of sp³-hybridized carbons (Fsp3) is 0.294. The van der Waals surface area contributed by atoms with E-state index in [-0.39, 0.29) is 0 Å². The highest BCUT2D eigenvalue weighted by molar-refractivity contribution is 5.85. The lowest BCUT2D eigenvalue weighted by Gasteiger charge is -2.33. The van der Waals surface area contributed by atoms with Crippen LogP contribution in [-0.2, 0) is 0 Å². The molecule has 4 rings (SSSR count). The van der Waals surface area contributed by atoms with E-state index in [0.29, 0.717) is 0 Å². The third-order valence-corrected chi connectivity index (χ3v) is 4.07. The highest BCUT2D eigenvalue weighted by Gasteiger charge is 2.22. The number of para-hydroxylation sites is 3. The third kappa shape index (κ3) is 1.90. The van der Waals surface area contributed by atoms with Gasteiger partial charge in [0.1, 0.15) is 5.69 Å². The largest absolute Gasteiger partial charge is 0.453 e. The number of hydrogen-bond acceptors (Lipinski definition) is 3. The highest BCUT2D eigenvalue weighted by atomic mass is 16.5. The molecule has 2 aliphatic rings. The average molecular weight is 266 g/mol. The fourth-order valence-corrected chi connectivity index (χ4v) is 3.04. The SMILES string of the molecule is c1ccc2c(c1)Nc1c(cccc1N1CCCCC1)O2. The van der Waals surface area contributed by atoms with Crippen molar-refractivity contribution in [2.75, 3.05) is 23.3 Å². The molecule has 2 heterocycles. The Morgan fingerprint density at radius 2 is 1.65 bits per heavy atom. The monoisotopic (exact) mass is 266 g/mol. The van der Waals surface area contributed by atoms with Crippen LogP contribution in [0.5, 0.6) is 11.5 Å². The Labute approximate surface area is 119 Å². The predicted octanol–water partition coefficient (Wildman–Crippen LogP) is 4.53. The summed E-state index contributed by atoms with van der Waals surface area (Å²) in [5.74, 6) is 1.82. The van der Waals surface area contributed by atoms with E-state index in [1.54, 1.807) is 0 Å². The Bertz CT molecular complexity index is 633. The summed E-state index contributed by atoms with van der Waals surface area (Å²) in [6.45, 7) is 2.28. The molecule has 0 saturated carbocycles. The van der Waals surface area contributed by atoms with E-state index in [1.807, 2.05) is 24.3 Å². The second kappa shape index (κ2) is 4.75. The maximum absolute atomic E-state index is 6.02. The number of benzene rings is 2. The van der Waals surface area contributed by atoms with Crippen molar-refractivity contribution >= 4 is 17.1 Å². The minimum absolute atomic E-state index is 0.899. The molecule has 0 spiro atoms. The minimum Gasteiger partial charge on any atom is -0.453 e. The molecule has 0 aliphatic carbocycles. The molecular weight excluding hydrogens is 248 g/mol. The van der Waals surface area contributed by atoms with Crippen molar-refractivity contribution < 1.29 is 4.74 Å². The van der Waals surface area contributed by atoms with Gasteiger partial charge < -0.3 is 15.0 Å². The van der Waals surface area contributed by atoms with Crippen molar-refractivity contribution in [3.63, 3.8) is 0 Å². The molecule has 102 valence electrons. The van der Waals surface area contributed by atoms with Crippen molar-refractivity contribution in [2.24, 2.45) is 0 Å². The van der Waals surface area contributed by atoms with E-state index in [1.165, 1.54) is 24.9 Å². The lowest BCUT2D eigenvalue weighted by atomic mass is 10.1. The van der Waals surface area contributed by atoms with Gasteiger partial charge in [0.05, 0.1) is 11.4 Å². The zero-order valence-electron chi connectivity index (χ0n) is 11.4. The average Bonchev–Trinajstić information content (AvgIpc) is 2.53. The number of anilines is 3. The van der Waals surface area contributed by atoms with Gasteiger partial charge in [0.2, 0.25) is 0 Å². The first kappa shape index (κ1) is 11.6. The predicted molar refractivity (Wildman–Crippen MR) is 82.3 cm³/mol. The van der Waals surface area contributed by atoms with E-state index in [0.717, 1.165) is 36.0 Å². The van der Waals surface area contributed by atoms with Gasteiger partial charge in [0.25, 0.3) is 0 Å². The summed E-state index contributed by atoms with van der Waals surface area (Å²) in [7, 11) is 0. The van der Waals surface area contributed by atoms with Crippen LogP contribution in [0.4, 0.5) is 17.1 Å². The summed E-state index contributed by atoms with van der Waals surface area (Å²) in [6.07, 6.45) is 3.90. The third-order valence-electron chi connectivity index (χ3n) is 4.07. The zero-order valence-corrected chi connectivity index (χ0v) is 11.4. The topological polar surface area (TPSA) is 24.5 Å². The van der Waals surface area contributed by atoms with Crippen molar-refractivity contribution in [1.29, 1.82) is 0 Å². The van der Waals surface area contributed by atoms with Crippen molar-refractivity contribution in [3.05, 3.63) is 42.5 Å². The lowest BCUT2D eigenvalue weighted by molar-refractivity contribution is 0.480. The number of nitrogens with zero attached hydrogens (tertiary/aromatic N) is 1. The molecule has 1 fully saturated rings. The number of fused-ring (bicyclic) bond motifs is 2. The molecule has 3 nitrogen and oxygen atoms in total. The molecule has 20 heavy (non-hydrogen) atoms. The number of piperidine rings is 1. The molecule has 1 saturated heterocycles. The summed E-state index contributed by atoms with van der Waals surface area (Å²) in [4.78, 5) is 2.46. The van der Waals surface area contributed by atoms with Gasteiger partial charge in [-0.1, -0.05) is 18.2 Å². The number of ether oxygens (including phenoxy) is 1. The van der Waals surface area contributed by atoms with Gasteiger partial charge in [-0.2, -0.15) is 0 Å². The van der Waals surface area contributed by atoms with Crippen LogP contribution in [-0.4, -0.2) is 13.1 Å². The summed E-state index contributed by atoms with van der Waals surface area (Å²) < 4.78 is 6.02. The first-order valence-corrected chi connectivity index (χ1v) is 7.34. The van der Waals surface area contributed by atoms with Gasteiger partial charge in [-0.15, -0.1) is 0 Å². The Hall–Kier alpha value is -2.16. The van der Waals surface area contributed by atoms with Crippen LogP contribution in [0, 0.1) is 0 Å². The van der Waals surface area contributed by atoms with Crippen LogP contribution in [0.3, 0.4) is 0 Å². The van der Waals surface area contributed by atoms with Gasteiger partial charge in [0, 0.05) is 13.1 Å². The van der Waals surface area contributed by atoms with Crippen LogP contribution >= 0.6 is 0 Å². The van der Waals surface area contributed by atoms with Crippen LogP contribution in [0.15, 0.2) is 42.5 Å². The van der Waals surface area contributed by atoms with Crippen molar-refractivity contribution in [1.82, 2.24) is 0 Å².